The Morgan fingerprint density at radius 1 is 1.03 bits per heavy atom. The molecule has 0 aliphatic heterocycles. The van der Waals surface area contributed by atoms with Gasteiger partial charge in [-0.1, -0.05) is 18.2 Å². The molecular formula is C24H19N3O2S. The number of benzene rings is 2. The Balaban J connectivity index is 1.63. The van der Waals surface area contributed by atoms with E-state index in [1.54, 1.807) is 36.9 Å². The summed E-state index contributed by atoms with van der Waals surface area (Å²) in [4.78, 5) is 21.4. The number of aldehydes is 1. The predicted octanol–water partition coefficient (Wildman–Crippen LogP) is 5.70. The highest BCUT2D eigenvalue weighted by atomic mass is 32.1. The lowest BCUT2D eigenvalue weighted by Gasteiger charge is -2.11. The van der Waals surface area contributed by atoms with E-state index >= 15 is 0 Å². The van der Waals surface area contributed by atoms with Crippen molar-refractivity contribution in [3.8, 4) is 16.2 Å². The minimum Gasteiger partial charge on any atom is -0.496 e. The summed E-state index contributed by atoms with van der Waals surface area (Å²) in [6.07, 6.45) is 6.08. The molecule has 5 nitrogen and oxygen atoms in total. The topological polar surface area (TPSA) is 64.1 Å². The van der Waals surface area contributed by atoms with Crippen LogP contribution >= 0.6 is 11.3 Å². The third-order valence-electron chi connectivity index (χ3n) is 4.50. The van der Waals surface area contributed by atoms with Gasteiger partial charge in [-0.05, 0) is 65.0 Å². The molecule has 0 aliphatic rings. The molecule has 0 saturated heterocycles. The van der Waals surface area contributed by atoms with Crippen LogP contribution in [0.15, 0.2) is 78.4 Å². The molecule has 0 amide bonds. The molecule has 4 aromatic rings. The van der Waals surface area contributed by atoms with Crippen LogP contribution in [0.1, 0.15) is 11.1 Å². The van der Waals surface area contributed by atoms with Gasteiger partial charge in [0, 0.05) is 34.1 Å². The molecule has 2 heterocycles. The molecule has 0 atom stereocenters. The molecule has 4 rings (SSSR count). The van der Waals surface area contributed by atoms with Crippen LogP contribution in [0.2, 0.25) is 0 Å². The standard InChI is InChI=1S/C24H19N3O2S/c1-29-22-10-7-18(23-4-2-13-30-23)15-21(22)19(16-28)14-17-5-8-20(9-6-17)27-24-25-11-3-12-26-24/h2-16H,1H3,(H,25,26,27). The number of thiophene rings is 1. The van der Waals surface area contributed by atoms with Crippen LogP contribution in [-0.2, 0) is 4.79 Å². The quantitative estimate of drug-likeness (QED) is 0.239. The lowest BCUT2D eigenvalue weighted by atomic mass is 9.99. The zero-order valence-electron chi connectivity index (χ0n) is 16.3. The molecule has 1 N–H and O–H groups in total. The molecule has 0 saturated carbocycles. The van der Waals surface area contributed by atoms with E-state index in [0.717, 1.165) is 33.5 Å². The van der Waals surface area contributed by atoms with Crippen molar-refractivity contribution < 1.29 is 9.53 Å². The van der Waals surface area contributed by atoms with Crippen LogP contribution in [0.25, 0.3) is 22.1 Å². The van der Waals surface area contributed by atoms with Gasteiger partial charge in [-0.2, -0.15) is 0 Å². The van der Waals surface area contributed by atoms with Crippen LogP contribution in [-0.4, -0.2) is 23.4 Å². The highest BCUT2D eigenvalue weighted by Crippen LogP contribution is 2.33. The van der Waals surface area contributed by atoms with Crippen LogP contribution in [0.3, 0.4) is 0 Å². The number of anilines is 2. The first-order valence-corrected chi connectivity index (χ1v) is 10.2. The highest BCUT2D eigenvalue weighted by Gasteiger charge is 2.11. The van der Waals surface area contributed by atoms with Gasteiger partial charge in [0.1, 0.15) is 5.75 Å². The lowest BCUT2D eigenvalue weighted by molar-refractivity contribution is -0.103. The number of aromatic nitrogens is 2. The van der Waals surface area contributed by atoms with Crippen molar-refractivity contribution in [1.82, 2.24) is 9.97 Å². The number of carbonyl (C=O) groups is 1. The average Bonchev–Trinajstić information content (AvgIpc) is 3.34. The fourth-order valence-electron chi connectivity index (χ4n) is 3.04. The summed E-state index contributed by atoms with van der Waals surface area (Å²) < 4.78 is 5.50. The second-order valence-corrected chi connectivity index (χ2v) is 7.38. The van der Waals surface area contributed by atoms with Gasteiger partial charge >= 0.3 is 0 Å². The number of hydrogen-bond donors (Lipinski definition) is 1. The maximum Gasteiger partial charge on any atom is 0.227 e. The van der Waals surface area contributed by atoms with Gasteiger partial charge in [0.25, 0.3) is 0 Å². The van der Waals surface area contributed by atoms with Crippen molar-refractivity contribution in [1.29, 1.82) is 0 Å². The van der Waals surface area contributed by atoms with E-state index in [1.807, 2.05) is 60.0 Å². The average molecular weight is 414 g/mol. The van der Waals surface area contributed by atoms with E-state index in [4.69, 9.17) is 4.74 Å². The van der Waals surface area contributed by atoms with Crippen molar-refractivity contribution in [3.63, 3.8) is 0 Å². The molecule has 0 fully saturated rings. The number of ether oxygens (including phenoxy) is 1. The van der Waals surface area contributed by atoms with Gasteiger partial charge in [0.2, 0.25) is 5.95 Å². The molecule has 148 valence electrons. The molecule has 2 aromatic heterocycles. The minimum atomic E-state index is 0.532. The maximum atomic E-state index is 11.9. The highest BCUT2D eigenvalue weighted by molar-refractivity contribution is 7.13. The summed E-state index contributed by atoms with van der Waals surface area (Å²) in [5.74, 6) is 1.19. The minimum absolute atomic E-state index is 0.532. The maximum absolute atomic E-state index is 11.9. The number of rotatable bonds is 7. The second-order valence-electron chi connectivity index (χ2n) is 6.43. The SMILES string of the molecule is COc1ccc(-c2cccs2)cc1C(C=O)=Cc1ccc(Nc2ncccn2)cc1. The number of carbonyl (C=O) groups excluding carboxylic acids is 1. The summed E-state index contributed by atoms with van der Waals surface area (Å²) in [6.45, 7) is 0. The molecule has 2 aromatic carbocycles. The third-order valence-corrected chi connectivity index (χ3v) is 5.42. The van der Waals surface area contributed by atoms with Crippen molar-refractivity contribution in [2.24, 2.45) is 0 Å². The number of allylic oxidation sites excluding steroid dienone is 1. The van der Waals surface area contributed by atoms with Gasteiger partial charge in [0.05, 0.1) is 7.11 Å². The molecular weight excluding hydrogens is 394 g/mol. The Kier molecular flexibility index (Phi) is 5.96. The fraction of sp³-hybridized carbons (Fsp3) is 0.0417. The van der Waals surface area contributed by atoms with Crippen LogP contribution < -0.4 is 10.1 Å². The summed E-state index contributed by atoms with van der Waals surface area (Å²) in [7, 11) is 1.61. The fourth-order valence-corrected chi connectivity index (χ4v) is 3.76. The van der Waals surface area contributed by atoms with Gasteiger partial charge in [-0.15, -0.1) is 11.3 Å². The normalized spacial score (nSPS) is 11.2. The van der Waals surface area contributed by atoms with E-state index < -0.39 is 0 Å². The first kappa shape index (κ1) is 19.5. The molecule has 6 heteroatoms. The van der Waals surface area contributed by atoms with E-state index in [-0.39, 0.29) is 0 Å². The Hall–Kier alpha value is -3.77. The number of nitrogens with one attached hydrogen (secondary N) is 1. The van der Waals surface area contributed by atoms with E-state index in [0.29, 0.717) is 17.3 Å². The van der Waals surface area contributed by atoms with Crippen molar-refractivity contribution in [2.75, 3.05) is 12.4 Å². The monoisotopic (exact) mass is 413 g/mol. The van der Waals surface area contributed by atoms with Crippen molar-refractivity contribution in [3.05, 3.63) is 89.6 Å². The lowest BCUT2D eigenvalue weighted by Crippen LogP contribution is -1.95. The van der Waals surface area contributed by atoms with Crippen LogP contribution in [0.5, 0.6) is 5.75 Å². The summed E-state index contributed by atoms with van der Waals surface area (Å²) in [6, 6.07) is 19.4. The Morgan fingerprint density at radius 3 is 2.50 bits per heavy atom. The van der Waals surface area contributed by atoms with E-state index in [1.165, 1.54) is 0 Å². The molecule has 30 heavy (non-hydrogen) atoms. The largest absolute Gasteiger partial charge is 0.496 e. The zero-order valence-corrected chi connectivity index (χ0v) is 17.1. The molecule has 0 bridgehead atoms. The van der Waals surface area contributed by atoms with Crippen molar-refractivity contribution in [2.45, 2.75) is 0 Å². The Labute approximate surface area is 178 Å². The first-order valence-electron chi connectivity index (χ1n) is 9.30. The second kappa shape index (κ2) is 9.15. The molecule has 0 aliphatic carbocycles. The van der Waals surface area contributed by atoms with Gasteiger partial charge in [-0.3, -0.25) is 4.79 Å². The first-order chi connectivity index (χ1) is 14.8. The van der Waals surface area contributed by atoms with E-state index in [9.17, 15) is 4.79 Å². The molecule has 0 unspecified atom stereocenters. The number of hydrogen-bond acceptors (Lipinski definition) is 6. The van der Waals surface area contributed by atoms with Crippen LogP contribution in [0.4, 0.5) is 11.6 Å². The number of methoxy groups -OCH3 is 1. The van der Waals surface area contributed by atoms with Crippen LogP contribution in [0, 0.1) is 0 Å². The Morgan fingerprint density at radius 2 is 1.83 bits per heavy atom. The van der Waals surface area contributed by atoms with E-state index in [2.05, 4.69) is 21.4 Å². The third kappa shape index (κ3) is 4.45. The van der Waals surface area contributed by atoms with Crippen molar-refractivity contribution >= 4 is 40.9 Å². The smallest absolute Gasteiger partial charge is 0.227 e. The Bertz CT molecular complexity index is 1160. The predicted molar refractivity (Wildman–Crippen MR) is 122 cm³/mol. The number of nitrogens with zero attached hydrogens (tertiary/aromatic N) is 2. The zero-order chi connectivity index (χ0) is 20.8. The van der Waals surface area contributed by atoms with Gasteiger partial charge < -0.3 is 10.1 Å². The summed E-state index contributed by atoms with van der Waals surface area (Å²) in [5.41, 5.74) is 4.13. The summed E-state index contributed by atoms with van der Waals surface area (Å²) in [5, 5.41) is 5.17. The van der Waals surface area contributed by atoms with Gasteiger partial charge in [0.15, 0.2) is 6.29 Å². The summed E-state index contributed by atoms with van der Waals surface area (Å²) >= 11 is 1.66. The molecule has 0 spiro atoms. The molecule has 0 radical (unpaired) electrons. The van der Waals surface area contributed by atoms with Gasteiger partial charge in [-0.25, -0.2) is 9.97 Å².